The number of hydrogen-bond acceptors (Lipinski definition) is 2. The molecule has 0 saturated heterocycles. The van der Waals surface area contributed by atoms with E-state index in [4.69, 9.17) is 0 Å². The smallest absolute Gasteiger partial charge is 0.315 e. The van der Waals surface area contributed by atoms with Crippen molar-refractivity contribution in [1.82, 2.24) is 0 Å². The van der Waals surface area contributed by atoms with Gasteiger partial charge in [-0.1, -0.05) is 24.3 Å². The van der Waals surface area contributed by atoms with Crippen LogP contribution in [0.15, 0.2) is 57.9 Å². The van der Waals surface area contributed by atoms with Gasteiger partial charge in [0.25, 0.3) is 0 Å². The molecule has 0 bridgehead atoms. The molecule has 0 heterocycles. The van der Waals surface area contributed by atoms with Crippen LogP contribution >= 0.6 is 27.9 Å². The molecule has 0 aliphatic heterocycles. The van der Waals surface area contributed by atoms with Crippen LogP contribution in [0.2, 0.25) is 0 Å². The van der Waals surface area contributed by atoms with Gasteiger partial charge in [-0.25, -0.2) is 0 Å². The molecule has 0 fully saturated rings. The Morgan fingerprint density at radius 3 is 1.88 bits per heavy atom. The molecule has 0 aromatic heterocycles. The summed E-state index contributed by atoms with van der Waals surface area (Å²) in [5, 5.41) is 0. The maximum absolute atomic E-state index is 12.8. The first-order chi connectivity index (χ1) is 11.5. The van der Waals surface area contributed by atoms with Gasteiger partial charge in [0.15, 0.2) is 5.92 Å². The lowest BCUT2D eigenvalue weighted by Gasteiger charge is -2.24. The largest absolute Gasteiger partial charge is 0.404 e. The van der Waals surface area contributed by atoms with Crippen molar-refractivity contribution in [3.63, 3.8) is 0 Å². The van der Waals surface area contributed by atoms with Crippen molar-refractivity contribution in [3.8, 4) is 0 Å². The Labute approximate surface area is 153 Å². The van der Waals surface area contributed by atoms with Crippen LogP contribution < -0.4 is 4.31 Å². The fraction of sp³-hybridized carbons (Fsp3) is 0.250. The molecule has 2 aromatic rings. The standard InChI is InChI=1S/C16H12BrF6NS/c1-24(25-13-5-3-2-4-12(13)17)11-8-6-10(7-9-11)14(15(18,19)20)16(21,22)23/h2-9,14H,1H3. The summed E-state index contributed by atoms with van der Waals surface area (Å²) in [5.41, 5.74) is -0.351. The van der Waals surface area contributed by atoms with Gasteiger partial charge in [0.05, 0.1) is 0 Å². The molecule has 0 N–H and O–H groups in total. The van der Waals surface area contributed by atoms with Crippen LogP contribution in [0.1, 0.15) is 11.5 Å². The van der Waals surface area contributed by atoms with Crippen LogP contribution in [-0.4, -0.2) is 19.4 Å². The maximum atomic E-state index is 12.8. The Morgan fingerprint density at radius 2 is 1.40 bits per heavy atom. The maximum Gasteiger partial charge on any atom is 0.404 e. The molecule has 0 unspecified atom stereocenters. The second-order valence-corrected chi connectivity index (χ2v) is 7.15. The molecular formula is C16H12BrF6NS. The normalized spacial score (nSPS) is 12.5. The van der Waals surface area contributed by atoms with E-state index in [9.17, 15) is 26.3 Å². The van der Waals surface area contributed by atoms with Gasteiger partial charge in [0, 0.05) is 22.1 Å². The van der Waals surface area contributed by atoms with Crippen LogP contribution in [0.4, 0.5) is 32.0 Å². The molecule has 0 aliphatic carbocycles. The van der Waals surface area contributed by atoms with Gasteiger partial charge in [0.2, 0.25) is 0 Å². The third-order valence-corrected chi connectivity index (χ3v) is 5.31. The fourth-order valence-electron chi connectivity index (χ4n) is 2.16. The van der Waals surface area contributed by atoms with Gasteiger partial charge in [-0.05, 0) is 57.7 Å². The molecule has 2 rings (SSSR count). The highest BCUT2D eigenvalue weighted by molar-refractivity contribution is 9.10. The molecule has 0 spiro atoms. The zero-order valence-electron chi connectivity index (χ0n) is 12.7. The number of nitrogens with zero attached hydrogens (tertiary/aromatic N) is 1. The van der Waals surface area contributed by atoms with Crippen molar-refractivity contribution in [1.29, 1.82) is 0 Å². The van der Waals surface area contributed by atoms with Gasteiger partial charge >= 0.3 is 12.4 Å². The van der Waals surface area contributed by atoms with Crippen molar-refractivity contribution in [2.24, 2.45) is 0 Å². The molecule has 0 atom stereocenters. The average Bonchev–Trinajstić information content (AvgIpc) is 2.47. The lowest BCUT2D eigenvalue weighted by molar-refractivity contribution is -0.253. The average molecular weight is 444 g/mol. The zero-order valence-corrected chi connectivity index (χ0v) is 15.1. The van der Waals surface area contributed by atoms with Gasteiger partial charge in [0.1, 0.15) is 0 Å². The number of hydrogen-bond donors (Lipinski definition) is 0. The summed E-state index contributed by atoms with van der Waals surface area (Å²) in [6.45, 7) is 0. The first kappa shape index (κ1) is 20.0. The number of anilines is 1. The topological polar surface area (TPSA) is 3.24 Å². The molecule has 1 nitrogen and oxygen atoms in total. The van der Waals surface area contributed by atoms with Crippen LogP contribution in [0.5, 0.6) is 0 Å². The molecule has 9 heteroatoms. The molecule has 136 valence electrons. The summed E-state index contributed by atoms with van der Waals surface area (Å²) in [5.74, 6) is -3.49. The Balaban J connectivity index is 2.22. The van der Waals surface area contributed by atoms with Crippen molar-refractivity contribution in [3.05, 3.63) is 58.6 Å². The van der Waals surface area contributed by atoms with E-state index in [1.54, 1.807) is 11.4 Å². The van der Waals surface area contributed by atoms with E-state index in [1.165, 1.54) is 24.1 Å². The van der Waals surface area contributed by atoms with Gasteiger partial charge in [-0.2, -0.15) is 26.3 Å². The van der Waals surface area contributed by atoms with Gasteiger partial charge < -0.3 is 4.31 Å². The van der Waals surface area contributed by atoms with Crippen molar-refractivity contribution >= 4 is 33.6 Å². The Hall–Kier alpha value is -1.35. The van der Waals surface area contributed by atoms with E-state index in [1.807, 2.05) is 24.3 Å². The molecule has 0 saturated carbocycles. The SMILES string of the molecule is CN(Sc1ccccc1Br)c1ccc(C(C(F)(F)F)C(F)(F)F)cc1. The lowest BCUT2D eigenvalue weighted by Crippen LogP contribution is -2.34. The monoisotopic (exact) mass is 443 g/mol. The second kappa shape index (κ2) is 7.49. The molecule has 0 amide bonds. The van der Waals surface area contributed by atoms with Crippen LogP contribution in [0.25, 0.3) is 0 Å². The Bertz CT molecular complexity index is 700. The molecule has 0 aliphatic rings. The summed E-state index contributed by atoms with van der Waals surface area (Å²) >= 11 is 4.66. The van der Waals surface area contributed by atoms with E-state index in [-0.39, 0.29) is 0 Å². The zero-order chi connectivity index (χ0) is 18.8. The van der Waals surface area contributed by atoms with E-state index in [2.05, 4.69) is 15.9 Å². The number of benzene rings is 2. The molecule has 2 aromatic carbocycles. The van der Waals surface area contributed by atoms with Crippen LogP contribution in [-0.2, 0) is 0 Å². The summed E-state index contributed by atoms with van der Waals surface area (Å²) < 4.78 is 79.0. The molecular weight excluding hydrogens is 432 g/mol. The Kier molecular flexibility index (Phi) is 5.98. The van der Waals surface area contributed by atoms with Crippen molar-refractivity contribution in [2.75, 3.05) is 11.4 Å². The van der Waals surface area contributed by atoms with Crippen LogP contribution in [0, 0.1) is 0 Å². The molecule has 25 heavy (non-hydrogen) atoms. The number of halogens is 7. The third-order valence-electron chi connectivity index (χ3n) is 3.32. The van der Waals surface area contributed by atoms with Crippen molar-refractivity contribution < 1.29 is 26.3 Å². The fourth-order valence-corrected chi connectivity index (χ4v) is 3.48. The minimum atomic E-state index is -5.39. The predicted octanol–water partition coefficient (Wildman–Crippen LogP) is 6.80. The van der Waals surface area contributed by atoms with E-state index in [0.717, 1.165) is 21.5 Å². The minimum Gasteiger partial charge on any atom is -0.315 e. The Morgan fingerprint density at radius 1 is 0.880 bits per heavy atom. The third kappa shape index (κ3) is 5.07. The van der Waals surface area contributed by atoms with Crippen LogP contribution in [0.3, 0.4) is 0 Å². The highest BCUT2D eigenvalue weighted by Gasteiger charge is 2.57. The summed E-state index contributed by atoms with van der Waals surface area (Å²) in [6.07, 6.45) is -10.8. The molecule has 0 radical (unpaired) electrons. The van der Waals surface area contributed by atoms with E-state index in [0.29, 0.717) is 5.69 Å². The number of rotatable bonds is 4. The predicted molar refractivity (Wildman–Crippen MR) is 89.7 cm³/mol. The highest BCUT2D eigenvalue weighted by atomic mass is 79.9. The van der Waals surface area contributed by atoms with Gasteiger partial charge in [-0.15, -0.1) is 0 Å². The number of alkyl halides is 6. The summed E-state index contributed by atoms with van der Waals surface area (Å²) in [6, 6.07) is 11.5. The summed E-state index contributed by atoms with van der Waals surface area (Å²) in [4.78, 5) is 0.859. The minimum absolute atomic E-state index is 0.479. The van der Waals surface area contributed by atoms with E-state index >= 15 is 0 Å². The quantitative estimate of drug-likeness (QED) is 0.377. The first-order valence-corrected chi connectivity index (χ1v) is 8.46. The van der Waals surface area contributed by atoms with Gasteiger partial charge in [-0.3, -0.25) is 0 Å². The lowest BCUT2D eigenvalue weighted by atomic mass is 9.97. The highest BCUT2D eigenvalue weighted by Crippen LogP contribution is 2.46. The van der Waals surface area contributed by atoms with E-state index < -0.39 is 23.8 Å². The van der Waals surface area contributed by atoms with Crippen molar-refractivity contribution in [2.45, 2.75) is 23.2 Å². The first-order valence-electron chi connectivity index (χ1n) is 6.90. The summed E-state index contributed by atoms with van der Waals surface area (Å²) in [7, 11) is 1.67. The second-order valence-electron chi connectivity index (χ2n) is 5.13.